The molecular formula is C12H16BrNO4S2. The summed E-state index contributed by atoms with van der Waals surface area (Å²) in [6.45, 7) is 1.88. The zero-order valence-corrected chi connectivity index (χ0v) is 14.2. The summed E-state index contributed by atoms with van der Waals surface area (Å²) in [6.07, 6.45) is 0.444. The van der Waals surface area contributed by atoms with Gasteiger partial charge in [-0.15, -0.1) is 11.3 Å². The SMILES string of the molecule is Cc1cc(C(=O)N(CCO)C2CCS(=O)(=O)C2)sc1Br. The maximum absolute atomic E-state index is 12.5. The number of hydrogen-bond donors (Lipinski definition) is 1. The number of nitrogens with zero attached hydrogens (tertiary/aromatic N) is 1. The summed E-state index contributed by atoms with van der Waals surface area (Å²) < 4.78 is 24.0. The number of carbonyl (C=O) groups is 1. The van der Waals surface area contributed by atoms with Gasteiger partial charge in [0.15, 0.2) is 9.84 Å². The zero-order valence-electron chi connectivity index (χ0n) is 11.0. The molecule has 20 heavy (non-hydrogen) atoms. The Morgan fingerprint density at radius 2 is 2.30 bits per heavy atom. The van der Waals surface area contributed by atoms with E-state index in [1.165, 1.54) is 16.2 Å². The third-order valence-electron chi connectivity index (χ3n) is 3.32. The van der Waals surface area contributed by atoms with E-state index in [2.05, 4.69) is 15.9 Å². The van der Waals surface area contributed by atoms with Gasteiger partial charge < -0.3 is 10.0 Å². The van der Waals surface area contributed by atoms with E-state index in [4.69, 9.17) is 5.11 Å². The molecule has 0 radical (unpaired) electrons. The minimum atomic E-state index is -3.06. The molecule has 0 spiro atoms. The van der Waals surface area contributed by atoms with Gasteiger partial charge in [-0.1, -0.05) is 0 Å². The van der Waals surface area contributed by atoms with Gasteiger partial charge in [-0.05, 0) is 40.9 Å². The fourth-order valence-electron chi connectivity index (χ4n) is 2.29. The van der Waals surface area contributed by atoms with Gasteiger partial charge in [0.1, 0.15) is 0 Å². The van der Waals surface area contributed by atoms with E-state index >= 15 is 0 Å². The topological polar surface area (TPSA) is 74.7 Å². The lowest BCUT2D eigenvalue weighted by atomic mass is 10.2. The van der Waals surface area contributed by atoms with E-state index in [9.17, 15) is 13.2 Å². The van der Waals surface area contributed by atoms with Crippen molar-refractivity contribution in [3.63, 3.8) is 0 Å². The molecule has 1 saturated heterocycles. The van der Waals surface area contributed by atoms with Crippen molar-refractivity contribution in [1.29, 1.82) is 0 Å². The van der Waals surface area contributed by atoms with Crippen LogP contribution in [0.2, 0.25) is 0 Å². The summed E-state index contributed by atoms with van der Waals surface area (Å²) in [6, 6.07) is 1.45. The highest BCUT2D eigenvalue weighted by Crippen LogP contribution is 2.29. The second kappa shape index (κ2) is 6.13. The van der Waals surface area contributed by atoms with E-state index in [-0.39, 0.29) is 36.6 Å². The number of thiophene rings is 1. The van der Waals surface area contributed by atoms with E-state index in [0.29, 0.717) is 11.3 Å². The Morgan fingerprint density at radius 1 is 1.60 bits per heavy atom. The molecule has 2 heterocycles. The Bertz CT molecular complexity index is 591. The molecule has 112 valence electrons. The van der Waals surface area contributed by atoms with Gasteiger partial charge in [0.05, 0.1) is 26.8 Å². The molecule has 0 aliphatic carbocycles. The van der Waals surface area contributed by atoms with Gasteiger partial charge in [-0.2, -0.15) is 0 Å². The largest absolute Gasteiger partial charge is 0.395 e. The van der Waals surface area contributed by atoms with Crippen molar-refractivity contribution in [2.45, 2.75) is 19.4 Å². The monoisotopic (exact) mass is 381 g/mol. The summed E-state index contributed by atoms with van der Waals surface area (Å²) >= 11 is 4.71. The Hall–Kier alpha value is -0.440. The molecule has 1 fully saturated rings. The molecule has 5 nitrogen and oxygen atoms in total. The first kappa shape index (κ1) is 15.9. The molecular weight excluding hydrogens is 366 g/mol. The quantitative estimate of drug-likeness (QED) is 0.855. The number of carbonyl (C=O) groups excluding carboxylic acids is 1. The van der Waals surface area contributed by atoms with Crippen LogP contribution >= 0.6 is 27.3 Å². The van der Waals surface area contributed by atoms with Crippen LogP contribution in [0.1, 0.15) is 21.7 Å². The molecule has 1 amide bonds. The Balaban J connectivity index is 2.22. The van der Waals surface area contributed by atoms with Crippen LogP contribution < -0.4 is 0 Å². The number of hydrogen-bond acceptors (Lipinski definition) is 5. The zero-order chi connectivity index (χ0) is 14.9. The molecule has 0 bridgehead atoms. The summed E-state index contributed by atoms with van der Waals surface area (Å²) in [5.74, 6) is -0.107. The second-order valence-electron chi connectivity index (χ2n) is 4.85. The molecule has 0 saturated carbocycles. The molecule has 1 aromatic heterocycles. The van der Waals surface area contributed by atoms with E-state index in [1.54, 1.807) is 6.07 Å². The Labute approximate surface area is 130 Å². The fourth-order valence-corrected chi connectivity index (χ4v) is 5.51. The predicted molar refractivity (Wildman–Crippen MR) is 81.9 cm³/mol. The van der Waals surface area contributed by atoms with Gasteiger partial charge in [-0.25, -0.2) is 8.42 Å². The van der Waals surface area contributed by atoms with E-state index in [0.717, 1.165) is 9.35 Å². The number of halogens is 1. The molecule has 1 aliphatic rings. The van der Waals surface area contributed by atoms with Crippen LogP contribution in [0.15, 0.2) is 9.85 Å². The average Bonchev–Trinajstić information content (AvgIpc) is 2.89. The number of aliphatic hydroxyl groups is 1. The van der Waals surface area contributed by atoms with Gasteiger partial charge in [0.25, 0.3) is 5.91 Å². The highest BCUT2D eigenvalue weighted by Gasteiger charge is 2.35. The number of aryl methyl sites for hydroxylation is 1. The minimum absolute atomic E-state index is 0.00966. The van der Waals surface area contributed by atoms with Crippen LogP contribution in [0.5, 0.6) is 0 Å². The maximum Gasteiger partial charge on any atom is 0.264 e. The number of rotatable bonds is 4. The second-order valence-corrected chi connectivity index (χ2v) is 9.45. The van der Waals surface area contributed by atoms with E-state index < -0.39 is 9.84 Å². The maximum atomic E-state index is 12.5. The van der Waals surface area contributed by atoms with Crippen molar-refractivity contribution >= 4 is 43.0 Å². The molecule has 1 unspecified atom stereocenters. The molecule has 1 aromatic rings. The van der Waals surface area contributed by atoms with Crippen molar-refractivity contribution in [3.05, 3.63) is 20.3 Å². The van der Waals surface area contributed by atoms with Crippen molar-refractivity contribution in [2.75, 3.05) is 24.7 Å². The first-order chi connectivity index (χ1) is 9.34. The van der Waals surface area contributed by atoms with Crippen LogP contribution in [0.4, 0.5) is 0 Å². The van der Waals surface area contributed by atoms with Crippen molar-refractivity contribution in [1.82, 2.24) is 4.90 Å². The van der Waals surface area contributed by atoms with Gasteiger partial charge in [0, 0.05) is 12.6 Å². The van der Waals surface area contributed by atoms with Gasteiger partial charge in [0.2, 0.25) is 0 Å². The lowest BCUT2D eigenvalue weighted by Crippen LogP contribution is -2.42. The molecule has 1 atom stereocenters. The van der Waals surface area contributed by atoms with Crippen LogP contribution in [0, 0.1) is 6.92 Å². The molecule has 8 heteroatoms. The van der Waals surface area contributed by atoms with E-state index in [1.807, 2.05) is 6.92 Å². The first-order valence-corrected chi connectivity index (χ1v) is 9.65. The normalized spacial score (nSPS) is 21.1. The number of aliphatic hydroxyl groups excluding tert-OH is 1. The van der Waals surface area contributed by atoms with Crippen LogP contribution in [-0.4, -0.2) is 55.0 Å². The Kier molecular flexibility index (Phi) is 4.88. The number of amides is 1. The fraction of sp³-hybridized carbons (Fsp3) is 0.583. The third-order valence-corrected chi connectivity index (χ3v) is 7.19. The molecule has 1 N–H and O–H groups in total. The molecule has 0 aromatic carbocycles. The molecule has 2 rings (SSSR count). The van der Waals surface area contributed by atoms with Crippen molar-refractivity contribution in [3.8, 4) is 0 Å². The highest BCUT2D eigenvalue weighted by molar-refractivity contribution is 9.11. The summed E-state index contributed by atoms with van der Waals surface area (Å²) in [4.78, 5) is 14.6. The lowest BCUT2D eigenvalue weighted by Gasteiger charge is -2.27. The summed E-state index contributed by atoms with van der Waals surface area (Å²) in [5, 5.41) is 9.13. The molecule has 1 aliphatic heterocycles. The smallest absolute Gasteiger partial charge is 0.264 e. The van der Waals surface area contributed by atoms with Crippen molar-refractivity contribution in [2.24, 2.45) is 0 Å². The average molecular weight is 382 g/mol. The van der Waals surface area contributed by atoms with Gasteiger partial charge in [-0.3, -0.25) is 4.79 Å². The van der Waals surface area contributed by atoms with Crippen LogP contribution in [0.25, 0.3) is 0 Å². The highest BCUT2D eigenvalue weighted by atomic mass is 79.9. The van der Waals surface area contributed by atoms with Crippen molar-refractivity contribution < 1.29 is 18.3 Å². The number of sulfone groups is 1. The minimum Gasteiger partial charge on any atom is -0.395 e. The predicted octanol–water partition coefficient (Wildman–Crippen LogP) is 1.44. The third kappa shape index (κ3) is 3.41. The lowest BCUT2D eigenvalue weighted by molar-refractivity contribution is 0.0660. The van der Waals surface area contributed by atoms with Crippen LogP contribution in [-0.2, 0) is 9.84 Å². The first-order valence-electron chi connectivity index (χ1n) is 6.22. The van der Waals surface area contributed by atoms with Gasteiger partial charge >= 0.3 is 0 Å². The summed E-state index contributed by atoms with van der Waals surface area (Å²) in [5.41, 5.74) is 0.973. The Morgan fingerprint density at radius 3 is 2.75 bits per heavy atom. The summed E-state index contributed by atoms with van der Waals surface area (Å²) in [7, 11) is -3.06. The van der Waals surface area contributed by atoms with Crippen LogP contribution in [0.3, 0.4) is 0 Å². The standard InChI is InChI=1S/C12H16BrNO4S2/c1-8-6-10(19-11(8)13)12(16)14(3-4-15)9-2-5-20(17,18)7-9/h6,9,15H,2-5,7H2,1H3.